The fraction of sp³-hybridized carbons (Fsp3) is 0.188. The van der Waals surface area contributed by atoms with E-state index in [1.807, 2.05) is 24.3 Å². The number of sulfonamides is 1. The largest absolute Gasteiger partial charge is 0.368 e. The van der Waals surface area contributed by atoms with Gasteiger partial charge in [-0.25, -0.2) is 8.42 Å². The summed E-state index contributed by atoms with van der Waals surface area (Å²) in [4.78, 5) is 12.0. The average Bonchev–Trinajstić information content (AvgIpc) is 2.54. The van der Waals surface area contributed by atoms with Gasteiger partial charge in [0.15, 0.2) is 0 Å². The SMILES string of the molecule is NC(=O)[C@H]1Cc2ccccc2CN1S(=O)(=O)c1ccc(Br)cc1. The van der Waals surface area contributed by atoms with Crippen molar-refractivity contribution in [3.05, 3.63) is 64.1 Å². The van der Waals surface area contributed by atoms with Gasteiger partial charge in [0.2, 0.25) is 15.9 Å². The highest BCUT2D eigenvalue weighted by Gasteiger charge is 2.38. The molecule has 7 heteroatoms. The Labute approximate surface area is 143 Å². The number of amides is 1. The van der Waals surface area contributed by atoms with E-state index in [2.05, 4.69) is 15.9 Å². The van der Waals surface area contributed by atoms with Crippen molar-refractivity contribution in [2.45, 2.75) is 23.9 Å². The molecule has 0 fully saturated rings. The smallest absolute Gasteiger partial charge is 0.244 e. The topological polar surface area (TPSA) is 80.5 Å². The van der Waals surface area contributed by atoms with Crippen molar-refractivity contribution in [1.82, 2.24) is 4.31 Å². The predicted octanol–water partition coefficient (Wildman–Crippen LogP) is 2.05. The van der Waals surface area contributed by atoms with E-state index in [0.717, 1.165) is 15.6 Å². The van der Waals surface area contributed by atoms with Gasteiger partial charge in [-0.15, -0.1) is 0 Å². The molecule has 0 spiro atoms. The lowest BCUT2D eigenvalue weighted by atomic mass is 9.96. The lowest BCUT2D eigenvalue weighted by Gasteiger charge is -2.34. The molecule has 3 rings (SSSR count). The molecule has 0 unspecified atom stereocenters. The van der Waals surface area contributed by atoms with Crippen molar-refractivity contribution in [2.24, 2.45) is 5.73 Å². The fourth-order valence-electron chi connectivity index (χ4n) is 2.74. The Kier molecular flexibility index (Phi) is 4.27. The van der Waals surface area contributed by atoms with Crippen LogP contribution in [0.3, 0.4) is 0 Å². The standard InChI is InChI=1S/C16H15BrN2O3S/c17-13-5-7-14(8-6-13)23(21,22)19-10-12-4-2-1-3-11(12)9-15(19)16(18)20/h1-8,15H,9-10H2,(H2,18,20)/t15-/m1/s1. The number of benzene rings is 2. The normalized spacial score (nSPS) is 18.4. The second kappa shape index (κ2) is 6.07. The molecule has 0 saturated heterocycles. The van der Waals surface area contributed by atoms with E-state index < -0.39 is 22.0 Å². The summed E-state index contributed by atoms with van der Waals surface area (Å²) in [5.41, 5.74) is 7.31. The first kappa shape index (κ1) is 16.2. The molecule has 0 aromatic heterocycles. The molecule has 0 radical (unpaired) electrons. The zero-order valence-electron chi connectivity index (χ0n) is 12.1. The third kappa shape index (κ3) is 3.04. The number of rotatable bonds is 3. The van der Waals surface area contributed by atoms with Gasteiger partial charge in [0.05, 0.1) is 4.90 Å². The molecule has 1 atom stereocenters. The number of hydrogen-bond acceptors (Lipinski definition) is 3. The summed E-state index contributed by atoms with van der Waals surface area (Å²) in [6.45, 7) is 0.141. The van der Waals surface area contributed by atoms with Crippen LogP contribution >= 0.6 is 15.9 Å². The maximum absolute atomic E-state index is 12.9. The summed E-state index contributed by atoms with van der Waals surface area (Å²) in [6.07, 6.45) is 0.293. The maximum atomic E-state index is 12.9. The number of nitrogens with two attached hydrogens (primary N) is 1. The Hall–Kier alpha value is -1.70. The van der Waals surface area contributed by atoms with Crippen LogP contribution < -0.4 is 5.73 Å². The van der Waals surface area contributed by atoms with Crippen molar-refractivity contribution in [1.29, 1.82) is 0 Å². The summed E-state index contributed by atoms with van der Waals surface area (Å²) in [7, 11) is -3.80. The van der Waals surface area contributed by atoms with Gasteiger partial charge in [-0.3, -0.25) is 4.79 Å². The van der Waals surface area contributed by atoms with E-state index in [0.29, 0.717) is 6.42 Å². The highest BCUT2D eigenvalue weighted by molar-refractivity contribution is 9.10. The van der Waals surface area contributed by atoms with E-state index >= 15 is 0 Å². The minimum atomic E-state index is -3.80. The monoisotopic (exact) mass is 394 g/mol. The van der Waals surface area contributed by atoms with Crippen molar-refractivity contribution in [3.8, 4) is 0 Å². The molecule has 2 N–H and O–H groups in total. The molecule has 1 amide bonds. The third-order valence-corrected chi connectivity index (χ3v) is 6.35. The maximum Gasteiger partial charge on any atom is 0.244 e. The van der Waals surface area contributed by atoms with Crippen molar-refractivity contribution in [3.63, 3.8) is 0 Å². The number of halogens is 1. The van der Waals surface area contributed by atoms with Crippen LogP contribution in [0.1, 0.15) is 11.1 Å². The molecule has 0 bridgehead atoms. The van der Waals surface area contributed by atoms with E-state index in [-0.39, 0.29) is 11.4 Å². The van der Waals surface area contributed by atoms with Gasteiger partial charge in [-0.05, 0) is 41.8 Å². The number of primary amides is 1. The zero-order chi connectivity index (χ0) is 16.6. The third-order valence-electron chi connectivity index (χ3n) is 3.95. The van der Waals surface area contributed by atoms with Crippen LogP contribution in [0, 0.1) is 0 Å². The van der Waals surface area contributed by atoms with Gasteiger partial charge in [-0.1, -0.05) is 40.2 Å². The van der Waals surface area contributed by atoms with Crippen LogP contribution in [0.25, 0.3) is 0 Å². The van der Waals surface area contributed by atoms with Crippen molar-refractivity contribution >= 4 is 31.9 Å². The Balaban J connectivity index is 2.05. The molecule has 0 aliphatic carbocycles. The minimum Gasteiger partial charge on any atom is -0.368 e. The average molecular weight is 395 g/mol. The van der Waals surface area contributed by atoms with E-state index in [1.165, 1.54) is 16.4 Å². The number of carbonyl (C=O) groups excluding carboxylic acids is 1. The summed E-state index contributed by atoms with van der Waals surface area (Å²) in [6, 6.07) is 13.0. The number of fused-ring (bicyclic) bond motifs is 1. The highest BCUT2D eigenvalue weighted by atomic mass is 79.9. The van der Waals surface area contributed by atoms with Gasteiger partial charge in [0, 0.05) is 11.0 Å². The number of nitrogens with zero attached hydrogens (tertiary/aromatic N) is 1. The van der Waals surface area contributed by atoms with Gasteiger partial charge >= 0.3 is 0 Å². The molecule has 2 aromatic carbocycles. The second-order valence-electron chi connectivity index (χ2n) is 5.40. The van der Waals surface area contributed by atoms with Gasteiger partial charge < -0.3 is 5.73 Å². The van der Waals surface area contributed by atoms with Gasteiger partial charge in [-0.2, -0.15) is 4.31 Å². The second-order valence-corrected chi connectivity index (χ2v) is 8.20. The lowest BCUT2D eigenvalue weighted by molar-refractivity contribution is -0.122. The van der Waals surface area contributed by atoms with Gasteiger partial charge in [0.1, 0.15) is 6.04 Å². The molecular weight excluding hydrogens is 380 g/mol. The Morgan fingerprint density at radius 2 is 1.70 bits per heavy atom. The first-order chi connectivity index (χ1) is 10.9. The molecular formula is C16H15BrN2O3S. The van der Waals surface area contributed by atoms with Crippen LogP contribution in [-0.2, 0) is 27.8 Å². The number of carbonyl (C=O) groups is 1. The zero-order valence-corrected chi connectivity index (χ0v) is 14.5. The lowest BCUT2D eigenvalue weighted by Crippen LogP contribution is -2.50. The molecule has 5 nitrogen and oxygen atoms in total. The van der Waals surface area contributed by atoms with E-state index in [1.54, 1.807) is 12.1 Å². The Bertz CT molecular complexity index is 850. The Morgan fingerprint density at radius 1 is 1.09 bits per heavy atom. The Morgan fingerprint density at radius 3 is 2.30 bits per heavy atom. The van der Waals surface area contributed by atoms with E-state index in [4.69, 9.17) is 5.73 Å². The van der Waals surface area contributed by atoms with Crippen molar-refractivity contribution < 1.29 is 13.2 Å². The predicted molar refractivity (Wildman–Crippen MR) is 90.0 cm³/mol. The first-order valence-electron chi connectivity index (χ1n) is 7.03. The van der Waals surface area contributed by atoms with Crippen LogP contribution in [-0.4, -0.2) is 24.7 Å². The highest BCUT2D eigenvalue weighted by Crippen LogP contribution is 2.29. The van der Waals surface area contributed by atoms with Gasteiger partial charge in [0.25, 0.3) is 0 Å². The molecule has 2 aromatic rings. The molecule has 23 heavy (non-hydrogen) atoms. The molecule has 1 aliphatic rings. The van der Waals surface area contributed by atoms with Crippen LogP contribution in [0.5, 0.6) is 0 Å². The summed E-state index contributed by atoms with van der Waals surface area (Å²) in [5, 5.41) is 0. The minimum absolute atomic E-state index is 0.141. The summed E-state index contributed by atoms with van der Waals surface area (Å²) in [5.74, 6) is -0.639. The molecule has 120 valence electrons. The van der Waals surface area contributed by atoms with E-state index in [9.17, 15) is 13.2 Å². The van der Waals surface area contributed by atoms with Crippen LogP contribution in [0.4, 0.5) is 0 Å². The summed E-state index contributed by atoms with van der Waals surface area (Å²) < 4.78 is 27.8. The molecule has 1 aliphatic heterocycles. The van der Waals surface area contributed by atoms with Crippen molar-refractivity contribution in [2.75, 3.05) is 0 Å². The number of hydrogen-bond donors (Lipinski definition) is 1. The molecule has 0 saturated carbocycles. The first-order valence-corrected chi connectivity index (χ1v) is 9.26. The quantitative estimate of drug-likeness (QED) is 0.864. The fourth-order valence-corrected chi connectivity index (χ4v) is 4.57. The summed E-state index contributed by atoms with van der Waals surface area (Å²) >= 11 is 3.28. The van der Waals surface area contributed by atoms with Crippen LogP contribution in [0.15, 0.2) is 57.9 Å². The molecule has 1 heterocycles. The van der Waals surface area contributed by atoms with Crippen LogP contribution in [0.2, 0.25) is 0 Å².